The second-order valence-corrected chi connectivity index (χ2v) is 4.30. The minimum absolute atomic E-state index is 0.211. The van der Waals surface area contributed by atoms with E-state index in [4.69, 9.17) is 0 Å². The molecular weight excluding hydrogens is 224 g/mol. The fraction of sp³-hybridized carbons (Fsp3) is 0.500. The van der Waals surface area contributed by atoms with E-state index in [-0.39, 0.29) is 5.69 Å². The number of aryl methyl sites for hydroxylation is 1. The van der Waals surface area contributed by atoms with Crippen LogP contribution in [0.15, 0.2) is 16.1 Å². The van der Waals surface area contributed by atoms with Gasteiger partial charge in [0.15, 0.2) is 5.65 Å². The molecule has 0 bridgehead atoms. The minimum atomic E-state index is -0.211. The maximum Gasteiger partial charge on any atom is 0.350 e. The number of rotatable bonds is 4. The molecule has 1 N–H and O–H groups in total. The van der Waals surface area contributed by atoms with Crippen molar-refractivity contribution in [3.63, 3.8) is 0 Å². The van der Waals surface area contributed by atoms with E-state index in [1.54, 1.807) is 10.9 Å². The molecule has 0 aliphatic carbocycles. The summed E-state index contributed by atoms with van der Waals surface area (Å²) in [6, 6.07) is 0. The Morgan fingerprint density at radius 3 is 3.06 bits per heavy atom. The van der Waals surface area contributed by atoms with Crippen molar-refractivity contribution in [2.24, 2.45) is 0 Å². The third-order valence-electron chi connectivity index (χ3n) is 2.45. The van der Waals surface area contributed by atoms with Gasteiger partial charge in [-0.1, -0.05) is 13.3 Å². The molecule has 0 amide bonds. The zero-order valence-corrected chi connectivity index (χ0v) is 10.2. The molecule has 0 aromatic carbocycles. The third kappa shape index (κ3) is 1.84. The number of hydrogen-bond acceptors (Lipinski definition) is 4. The molecule has 0 atom stereocenters. The molecule has 2 heterocycles. The number of aromatic nitrogens is 4. The van der Waals surface area contributed by atoms with Crippen LogP contribution in [0.1, 0.15) is 19.8 Å². The molecular formula is C10H14N4OS. The standard InChI is InChI=1S/C10H14N4OS/c1-3-4-5-14-8-7(11-6-12-8)9(16-2)13-10(14)15/h6H,3-5H2,1-2H3,(H,11,12). The molecule has 0 aliphatic rings. The van der Waals surface area contributed by atoms with Crippen LogP contribution in [-0.2, 0) is 6.54 Å². The SMILES string of the molecule is CCCCn1c(=O)nc(SC)c2[nH]cnc21. The Morgan fingerprint density at radius 2 is 2.38 bits per heavy atom. The van der Waals surface area contributed by atoms with Gasteiger partial charge in [-0.2, -0.15) is 4.98 Å². The van der Waals surface area contributed by atoms with Crippen LogP contribution in [0.3, 0.4) is 0 Å². The number of nitrogens with one attached hydrogen (secondary N) is 1. The molecule has 0 saturated carbocycles. The van der Waals surface area contributed by atoms with Crippen molar-refractivity contribution in [3.05, 3.63) is 16.8 Å². The highest BCUT2D eigenvalue weighted by molar-refractivity contribution is 7.98. The second-order valence-electron chi connectivity index (χ2n) is 3.51. The third-order valence-corrected chi connectivity index (χ3v) is 3.13. The summed E-state index contributed by atoms with van der Waals surface area (Å²) in [4.78, 5) is 23.1. The molecule has 0 unspecified atom stereocenters. The molecule has 0 saturated heterocycles. The summed E-state index contributed by atoms with van der Waals surface area (Å²) in [5.74, 6) is 0. The van der Waals surface area contributed by atoms with E-state index in [0.29, 0.717) is 17.2 Å². The van der Waals surface area contributed by atoms with Crippen molar-refractivity contribution in [3.8, 4) is 0 Å². The topological polar surface area (TPSA) is 63.6 Å². The predicted octanol–water partition coefficient (Wildman–Crippen LogP) is 1.64. The molecule has 2 rings (SSSR count). The van der Waals surface area contributed by atoms with Gasteiger partial charge in [0.05, 0.1) is 6.33 Å². The number of aromatic amines is 1. The highest BCUT2D eigenvalue weighted by Crippen LogP contribution is 2.19. The highest BCUT2D eigenvalue weighted by Gasteiger charge is 2.11. The summed E-state index contributed by atoms with van der Waals surface area (Å²) < 4.78 is 1.63. The first-order chi connectivity index (χ1) is 7.77. The van der Waals surface area contributed by atoms with Crippen molar-refractivity contribution < 1.29 is 0 Å². The van der Waals surface area contributed by atoms with Gasteiger partial charge in [-0.15, -0.1) is 11.8 Å². The Kier molecular flexibility index (Phi) is 3.28. The van der Waals surface area contributed by atoms with Crippen molar-refractivity contribution in [2.75, 3.05) is 6.26 Å². The number of hydrogen-bond donors (Lipinski definition) is 1. The van der Waals surface area contributed by atoms with Crippen LogP contribution < -0.4 is 5.69 Å². The van der Waals surface area contributed by atoms with Crippen LogP contribution in [0, 0.1) is 0 Å². The van der Waals surface area contributed by atoms with E-state index in [1.807, 2.05) is 6.26 Å². The van der Waals surface area contributed by atoms with Gasteiger partial charge in [0, 0.05) is 6.54 Å². The molecule has 86 valence electrons. The Bertz CT molecular complexity index is 545. The largest absolute Gasteiger partial charge is 0.350 e. The molecule has 0 radical (unpaired) electrons. The molecule has 0 spiro atoms. The van der Waals surface area contributed by atoms with Gasteiger partial charge in [0.1, 0.15) is 10.5 Å². The number of nitrogens with zero attached hydrogens (tertiary/aromatic N) is 3. The van der Waals surface area contributed by atoms with E-state index < -0.39 is 0 Å². The molecule has 6 heteroatoms. The van der Waals surface area contributed by atoms with Crippen LogP contribution in [0.2, 0.25) is 0 Å². The summed E-state index contributed by atoms with van der Waals surface area (Å²) in [6.07, 6.45) is 5.51. The monoisotopic (exact) mass is 238 g/mol. The minimum Gasteiger partial charge on any atom is -0.341 e. The lowest BCUT2D eigenvalue weighted by atomic mass is 10.3. The molecule has 5 nitrogen and oxygen atoms in total. The van der Waals surface area contributed by atoms with Crippen molar-refractivity contribution in [2.45, 2.75) is 31.3 Å². The summed E-state index contributed by atoms with van der Waals surface area (Å²) in [5.41, 5.74) is 1.35. The van der Waals surface area contributed by atoms with Gasteiger partial charge in [-0.25, -0.2) is 9.78 Å². The number of fused-ring (bicyclic) bond motifs is 1. The molecule has 16 heavy (non-hydrogen) atoms. The lowest BCUT2D eigenvalue weighted by Crippen LogP contribution is -2.24. The smallest absolute Gasteiger partial charge is 0.341 e. The van der Waals surface area contributed by atoms with E-state index in [0.717, 1.165) is 18.4 Å². The predicted molar refractivity (Wildman–Crippen MR) is 64.8 cm³/mol. The first kappa shape index (κ1) is 11.2. The van der Waals surface area contributed by atoms with E-state index in [1.165, 1.54) is 11.8 Å². The molecule has 0 fully saturated rings. The fourth-order valence-corrected chi connectivity index (χ4v) is 2.13. The van der Waals surface area contributed by atoms with Gasteiger partial charge in [-0.3, -0.25) is 4.57 Å². The maximum absolute atomic E-state index is 11.8. The number of thioether (sulfide) groups is 1. The van der Waals surface area contributed by atoms with Crippen molar-refractivity contribution in [1.29, 1.82) is 0 Å². The molecule has 0 aliphatic heterocycles. The second kappa shape index (κ2) is 4.69. The van der Waals surface area contributed by atoms with Crippen LogP contribution >= 0.6 is 11.8 Å². The average Bonchev–Trinajstić information content (AvgIpc) is 2.76. The van der Waals surface area contributed by atoms with Crippen LogP contribution in [0.4, 0.5) is 0 Å². The summed E-state index contributed by atoms with van der Waals surface area (Å²) >= 11 is 1.45. The van der Waals surface area contributed by atoms with Crippen LogP contribution in [-0.4, -0.2) is 25.8 Å². The highest BCUT2D eigenvalue weighted by atomic mass is 32.2. The van der Waals surface area contributed by atoms with Crippen molar-refractivity contribution >= 4 is 22.9 Å². The zero-order chi connectivity index (χ0) is 11.5. The van der Waals surface area contributed by atoms with Gasteiger partial charge in [-0.05, 0) is 12.7 Å². The quantitative estimate of drug-likeness (QED) is 0.649. The molecule has 2 aromatic heterocycles. The zero-order valence-electron chi connectivity index (χ0n) is 9.36. The average molecular weight is 238 g/mol. The normalized spacial score (nSPS) is 11.1. The van der Waals surface area contributed by atoms with Crippen LogP contribution in [0.25, 0.3) is 11.2 Å². The number of imidazole rings is 1. The first-order valence-corrected chi connectivity index (χ1v) is 6.48. The van der Waals surface area contributed by atoms with Gasteiger partial charge < -0.3 is 4.98 Å². The Labute approximate surface area is 97.3 Å². The first-order valence-electron chi connectivity index (χ1n) is 5.25. The summed E-state index contributed by atoms with van der Waals surface area (Å²) in [7, 11) is 0. The number of H-pyrrole nitrogens is 1. The summed E-state index contributed by atoms with van der Waals surface area (Å²) in [6.45, 7) is 2.77. The number of unbranched alkanes of at least 4 members (excludes halogenated alkanes) is 1. The van der Waals surface area contributed by atoms with Gasteiger partial charge >= 0.3 is 5.69 Å². The van der Waals surface area contributed by atoms with Gasteiger partial charge in [0.2, 0.25) is 0 Å². The van der Waals surface area contributed by atoms with Crippen LogP contribution in [0.5, 0.6) is 0 Å². The Hall–Kier alpha value is -1.30. The Morgan fingerprint density at radius 1 is 1.56 bits per heavy atom. The maximum atomic E-state index is 11.8. The lowest BCUT2D eigenvalue weighted by Gasteiger charge is -2.06. The van der Waals surface area contributed by atoms with E-state index in [2.05, 4.69) is 21.9 Å². The lowest BCUT2D eigenvalue weighted by molar-refractivity contribution is 0.610. The van der Waals surface area contributed by atoms with E-state index in [9.17, 15) is 4.79 Å². The van der Waals surface area contributed by atoms with Crippen molar-refractivity contribution in [1.82, 2.24) is 19.5 Å². The molecule has 2 aromatic rings. The summed E-state index contributed by atoms with van der Waals surface area (Å²) in [5, 5.41) is 0.713. The Balaban J connectivity index is 2.60. The fourth-order valence-electron chi connectivity index (χ4n) is 1.61. The van der Waals surface area contributed by atoms with Gasteiger partial charge in [0.25, 0.3) is 0 Å². The van der Waals surface area contributed by atoms with E-state index >= 15 is 0 Å².